The molecule has 0 saturated heterocycles. The molecule has 3 rings (SSSR count). The van der Waals surface area contributed by atoms with Crippen LogP contribution in [0.2, 0.25) is 0 Å². The standard InChI is InChI=1S/C16H21N3O3S/c20-23(21,18-12-10-13-9-11-17-19-13)16-7-5-15(6-8-16)22-14-3-1-2-4-14/h5-9,11,14,18H,1-4,10,12H2,(H,17,19). The van der Waals surface area contributed by atoms with Crippen molar-refractivity contribution >= 4 is 10.0 Å². The van der Waals surface area contributed by atoms with Crippen molar-refractivity contribution in [1.29, 1.82) is 0 Å². The molecule has 23 heavy (non-hydrogen) atoms. The topological polar surface area (TPSA) is 84.1 Å². The minimum atomic E-state index is -3.50. The van der Waals surface area contributed by atoms with E-state index in [2.05, 4.69) is 14.9 Å². The third-order valence-electron chi connectivity index (χ3n) is 3.98. The van der Waals surface area contributed by atoms with E-state index in [-0.39, 0.29) is 11.0 Å². The maximum atomic E-state index is 12.2. The molecule has 0 radical (unpaired) electrons. The van der Waals surface area contributed by atoms with Gasteiger partial charge in [-0.1, -0.05) is 0 Å². The summed E-state index contributed by atoms with van der Waals surface area (Å²) in [5, 5.41) is 6.63. The van der Waals surface area contributed by atoms with Crippen LogP contribution >= 0.6 is 0 Å². The van der Waals surface area contributed by atoms with E-state index in [1.807, 2.05) is 6.07 Å². The van der Waals surface area contributed by atoms with E-state index < -0.39 is 10.0 Å². The lowest BCUT2D eigenvalue weighted by Gasteiger charge is -2.13. The van der Waals surface area contributed by atoms with Crippen LogP contribution in [0.15, 0.2) is 41.4 Å². The van der Waals surface area contributed by atoms with E-state index in [1.165, 1.54) is 12.8 Å². The Morgan fingerprint density at radius 1 is 1.17 bits per heavy atom. The fourth-order valence-electron chi connectivity index (χ4n) is 2.72. The summed E-state index contributed by atoms with van der Waals surface area (Å²) in [5.74, 6) is 0.730. The van der Waals surface area contributed by atoms with Gasteiger partial charge < -0.3 is 4.74 Å². The van der Waals surface area contributed by atoms with Crippen molar-refractivity contribution in [2.45, 2.75) is 43.1 Å². The summed E-state index contributed by atoms with van der Waals surface area (Å²) >= 11 is 0. The molecular weight excluding hydrogens is 314 g/mol. The first kappa shape index (κ1) is 16.0. The highest BCUT2D eigenvalue weighted by atomic mass is 32.2. The summed E-state index contributed by atoms with van der Waals surface area (Å²) < 4.78 is 32.9. The molecule has 0 amide bonds. The maximum Gasteiger partial charge on any atom is 0.240 e. The minimum Gasteiger partial charge on any atom is -0.490 e. The Bertz CT molecular complexity index is 706. The number of hydrogen-bond acceptors (Lipinski definition) is 4. The van der Waals surface area contributed by atoms with Crippen molar-refractivity contribution in [3.8, 4) is 5.75 Å². The molecule has 1 heterocycles. The fraction of sp³-hybridized carbons (Fsp3) is 0.438. The zero-order chi connectivity index (χ0) is 16.1. The molecule has 7 heteroatoms. The zero-order valence-corrected chi connectivity index (χ0v) is 13.7. The summed E-state index contributed by atoms with van der Waals surface area (Å²) in [6.07, 6.45) is 7.05. The lowest BCUT2D eigenvalue weighted by atomic mass is 10.3. The molecule has 0 atom stereocenters. The summed E-state index contributed by atoms with van der Waals surface area (Å²) in [7, 11) is -3.50. The second-order valence-corrected chi connectivity index (χ2v) is 7.49. The van der Waals surface area contributed by atoms with Gasteiger partial charge in [0.1, 0.15) is 5.75 Å². The molecular formula is C16H21N3O3S. The number of hydrogen-bond donors (Lipinski definition) is 2. The molecule has 1 aliphatic rings. The van der Waals surface area contributed by atoms with Crippen LogP contribution in [0, 0.1) is 0 Å². The van der Waals surface area contributed by atoms with E-state index in [1.54, 1.807) is 30.5 Å². The van der Waals surface area contributed by atoms with Gasteiger partial charge in [-0.15, -0.1) is 0 Å². The predicted octanol–water partition coefficient (Wildman–Crippen LogP) is 2.25. The average molecular weight is 335 g/mol. The molecule has 2 N–H and O–H groups in total. The van der Waals surface area contributed by atoms with Crippen molar-refractivity contribution in [3.05, 3.63) is 42.2 Å². The van der Waals surface area contributed by atoms with Gasteiger partial charge in [0.2, 0.25) is 10.0 Å². The first-order valence-corrected chi connectivity index (χ1v) is 9.36. The van der Waals surface area contributed by atoms with Gasteiger partial charge in [0.25, 0.3) is 0 Å². The Hall–Kier alpha value is -1.86. The summed E-state index contributed by atoms with van der Waals surface area (Å²) in [6.45, 7) is 0.324. The first-order valence-electron chi connectivity index (χ1n) is 7.88. The third kappa shape index (κ3) is 4.33. The molecule has 1 fully saturated rings. The van der Waals surface area contributed by atoms with E-state index >= 15 is 0 Å². The smallest absolute Gasteiger partial charge is 0.240 e. The van der Waals surface area contributed by atoms with Crippen LogP contribution in [0.1, 0.15) is 31.4 Å². The highest BCUT2D eigenvalue weighted by Crippen LogP contribution is 2.24. The molecule has 6 nitrogen and oxygen atoms in total. The van der Waals surface area contributed by atoms with Crippen LogP contribution in [0.3, 0.4) is 0 Å². The second kappa shape index (κ2) is 7.14. The van der Waals surface area contributed by atoms with Gasteiger partial charge in [-0.2, -0.15) is 5.10 Å². The molecule has 0 aliphatic heterocycles. The van der Waals surface area contributed by atoms with Gasteiger partial charge in [-0.05, 0) is 56.0 Å². The van der Waals surface area contributed by atoms with Gasteiger partial charge in [-0.25, -0.2) is 13.1 Å². The molecule has 2 aromatic rings. The van der Waals surface area contributed by atoms with Crippen molar-refractivity contribution < 1.29 is 13.2 Å². The molecule has 1 aliphatic carbocycles. The Morgan fingerprint density at radius 3 is 2.57 bits per heavy atom. The van der Waals surface area contributed by atoms with Crippen LogP contribution < -0.4 is 9.46 Å². The zero-order valence-electron chi connectivity index (χ0n) is 12.9. The monoisotopic (exact) mass is 335 g/mol. The van der Waals surface area contributed by atoms with E-state index in [0.717, 1.165) is 24.3 Å². The number of aromatic amines is 1. The Balaban J connectivity index is 1.56. The van der Waals surface area contributed by atoms with Gasteiger partial charge in [0.15, 0.2) is 0 Å². The second-order valence-electron chi connectivity index (χ2n) is 5.73. The third-order valence-corrected chi connectivity index (χ3v) is 5.46. The van der Waals surface area contributed by atoms with E-state index in [9.17, 15) is 8.42 Å². The number of aromatic nitrogens is 2. The Labute approximate surface area is 136 Å². The van der Waals surface area contributed by atoms with Crippen molar-refractivity contribution in [2.24, 2.45) is 0 Å². The minimum absolute atomic E-state index is 0.251. The van der Waals surface area contributed by atoms with Crippen molar-refractivity contribution in [2.75, 3.05) is 6.54 Å². The van der Waals surface area contributed by atoms with Gasteiger partial charge in [0, 0.05) is 24.9 Å². The number of ether oxygens (including phenoxy) is 1. The van der Waals surface area contributed by atoms with Gasteiger partial charge in [0.05, 0.1) is 11.0 Å². The molecule has 1 aromatic heterocycles. The normalized spacial score (nSPS) is 15.8. The molecule has 1 saturated carbocycles. The number of nitrogens with one attached hydrogen (secondary N) is 2. The van der Waals surface area contributed by atoms with Crippen molar-refractivity contribution in [3.63, 3.8) is 0 Å². The largest absolute Gasteiger partial charge is 0.490 e. The summed E-state index contributed by atoms with van der Waals surface area (Å²) in [4.78, 5) is 0.251. The lowest BCUT2D eigenvalue weighted by Crippen LogP contribution is -2.26. The van der Waals surface area contributed by atoms with Gasteiger partial charge >= 0.3 is 0 Å². The number of sulfonamides is 1. The number of nitrogens with zero attached hydrogens (tertiary/aromatic N) is 1. The Morgan fingerprint density at radius 2 is 1.91 bits per heavy atom. The Kier molecular flexibility index (Phi) is 4.97. The van der Waals surface area contributed by atoms with Crippen LogP contribution in [-0.2, 0) is 16.4 Å². The van der Waals surface area contributed by atoms with E-state index in [0.29, 0.717) is 13.0 Å². The SMILES string of the molecule is O=S(=O)(NCCc1ccn[nH]1)c1ccc(OC2CCCC2)cc1. The average Bonchev–Trinajstić information content (AvgIpc) is 3.21. The van der Waals surface area contributed by atoms with Crippen LogP contribution in [0.25, 0.3) is 0 Å². The van der Waals surface area contributed by atoms with Crippen molar-refractivity contribution in [1.82, 2.24) is 14.9 Å². The lowest BCUT2D eigenvalue weighted by molar-refractivity contribution is 0.210. The highest BCUT2D eigenvalue weighted by molar-refractivity contribution is 7.89. The summed E-state index contributed by atoms with van der Waals surface area (Å²) in [5.41, 5.74) is 0.896. The molecule has 124 valence electrons. The number of rotatable bonds is 7. The van der Waals surface area contributed by atoms with Crippen LogP contribution in [-0.4, -0.2) is 31.3 Å². The van der Waals surface area contributed by atoms with Gasteiger partial charge in [-0.3, -0.25) is 5.10 Å². The van der Waals surface area contributed by atoms with Crippen LogP contribution in [0.5, 0.6) is 5.75 Å². The number of benzene rings is 1. The first-order chi connectivity index (χ1) is 11.1. The molecule has 0 bridgehead atoms. The molecule has 0 spiro atoms. The van der Waals surface area contributed by atoms with E-state index in [4.69, 9.17) is 4.74 Å². The molecule has 1 aromatic carbocycles. The summed E-state index contributed by atoms with van der Waals surface area (Å²) in [6, 6.07) is 8.44. The fourth-order valence-corrected chi connectivity index (χ4v) is 3.76. The highest BCUT2D eigenvalue weighted by Gasteiger charge is 2.17. The number of H-pyrrole nitrogens is 1. The molecule has 0 unspecified atom stereocenters. The maximum absolute atomic E-state index is 12.2. The predicted molar refractivity (Wildman–Crippen MR) is 86.8 cm³/mol. The van der Waals surface area contributed by atoms with Crippen LogP contribution in [0.4, 0.5) is 0 Å². The quantitative estimate of drug-likeness (QED) is 0.813.